The van der Waals surface area contributed by atoms with Gasteiger partial charge in [0.1, 0.15) is 0 Å². The summed E-state index contributed by atoms with van der Waals surface area (Å²) in [6.07, 6.45) is 0. The van der Waals surface area contributed by atoms with Gasteiger partial charge in [-0.05, 0) is 25.5 Å². The van der Waals surface area contributed by atoms with E-state index < -0.39 is 0 Å². The van der Waals surface area contributed by atoms with Gasteiger partial charge in [-0.25, -0.2) is 4.79 Å². The molecule has 0 spiro atoms. The Kier molecular flexibility index (Phi) is 3.19. The molecule has 0 bridgehead atoms. The molecule has 1 aromatic heterocycles. The van der Waals surface area contributed by atoms with Crippen molar-refractivity contribution in [2.75, 3.05) is 6.54 Å². The maximum absolute atomic E-state index is 11.5. The molecule has 0 radical (unpaired) electrons. The molecule has 14 heavy (non-hydrogen) atoms. The summed E-state index contributed by atoms with van der Waals surface area (Å²) >= 11 is 0. The minimum atomic E-state index is -0.239. The smallest absolute Gasteiger partial charge is 0.327 e. The minimum Gasteiger partial charge on any atom is -0.327 e. The molecule has 0 fully saturated rings. The van der Waals surface area contributed by atoms with Gasteiger partial charge >= 0.3 is 5.69 Å². The van der Waals surface area contributed by atoms with E-state index in [2.05, 4.69) is 11.6 Å². The summed E-state index contributed by atoms with van der Waals surface area (Å²) in [5, 5.41) is 0. The average Bonchev–Trinajstić information content (AvgIpc) is 2.10. The second kappa shape index (κ2) is 4.19. The first-order valence-corrected chi connectivity index (χ1v) is 4.46. The Morgan fingerprint density at radius 3 is 2.79 bits per heavy atom. The van der Waals surface area contributed by atoms with Crippen LogP contribution in [0.2, 0.25) is 0 Å². The van der Waals surface area contributed by atoms with Gasteiger partial charge in [-0.2, -0.15) is 4.98 Å². The number of hydrogen-bond acceptors (Lipinski definition) is 3. The first-order chi connectivity index (χ1) is 6.54. The first-order valence-electron chi connectivity index (χ1n) is 4.46. The summed E-state index contributed by atoms with van der Waals surface area (Å²) in [7, 11) is 0. The van der Waals surface area contributed by atoms with E-state index in [1.54, 1.807) is 11.5 Å². The highest BCUT2D eigenvalue weighted by Gasteiger charge is 2.03. The van der Waals surface area contributed by atoms with Crippen molar-refractivity contribution >= 4 is 0 Å². The van der Waals surface area contributed by atoms with Gasteiger partial charge in [0, 0.05) is 24.5 Å². The van der Waals surface area contributed by atoms with Crippen molar-refractivity contribution in [1.82, 2.24) is 9.55 Å². The Morgan fingerprint density at radius 1 is 1.64 bits per heavy atom. The summed E-state index contributed by atoms with van der Waals surface area (Å²) < 4.78 is 1.57. The second-order valence-electron chi connectivity index (χ2n) is 3.36. The van der Waals surface area contributed by atoms with Gasteiger partial charge in [-0.1, -0.05) is 6.58 Å². The van der Waals surface area contributed by atoms with Gasteiger partial charge in [0.05, 0.1) is 0 Å². The standard InChI is InChI=1S/C10H15N3O/c1-7(5-11)6-13-9(3)4-8(2)12-10(13)14/h4H,1,5-6,11H2,2-3H3. The molecular weight excluding hydrogens is 178 g/mol. The number of nitrogens with two attached hydrogens (primary N) is 1. The molecule has 0 unspecified atom stereocenters. The Bertz CT molecular complexity index is 406. The lowest BCUT2D eigenvalue weighted by Crippen LogP contribution is -2.27. The normalized spacial score (nSPS) is 10.2. The van der Waals surface area contributed by atoms with Crippen LogP contribution in [0, 0.1) is 13.8 Å². The van der Waals surface area contributed by atoms with Crippen LogP contribution in [0.4, 0.5) is 0 Å². The maximum Gasteiger partial charge on any atom is 0.348 e. The van der Waals surface area contributed by atoms with Crippen molar-refractivity contribution in [2.45, 2.75) is 20.4 Å². The van der Waals surface area contributed by atoms with Gasteiger partial charge in [0.15, 0.2) is 0 Å². The van der Waals surface area contributed by atoms with Crippen LogP contribution in [0.3, 0.4) is 0 Å². The Hall–Kier alpha value is -1.42. The number of aryl methyl sites for hydroxylation is 2. The summed E-state index contributed by atoms with van der Waals surface area (Å²) in [6, 6.07) is 1.87. The van der Waals surface area contributed by atoms with E-state index in [0.29, 0.717) is 13.1 Å². The zero-order valence-corrected chi connectivity index (χ0v) is 8.58. The summed E-state index contributed by atoms with van der Waals surface area (Å²) in [4.78, 5) is 15.3. The fraction of sp³-hybridized carbons (Fsp3) is 0.400. The monoisotopic (exact) mass is 193 g/mol. The first kappa shape index (κ1) is 10.7. The third-order valence-corrected chi connectivity index (χ3v) is 2.02. The molecule has 0 saturated heterocycles. The zero-order chi connectivity index (χ0) is 10.7. The second-order valence-corrected chi connectivity index (χ2v) is 3.36. The lowest BCUT2D eigenvalue weighted by molar-refractivity contribution is 0.678. The largest absolute Gasteiger partial charge is 0.348 e. The predicted molar refractivity (Wildman–Crippen MR) is 56.2 cm³/mol. The molecule has 0 aliphatic heterocycles. The van der Waals surface area contributed by atoms with Gasteiger partial charge in [0.25, 0.3) is 0 Å². The van der Waals surface area contributed by atoms with Gasteiger partial charge < -0.3 is 5.73 Å². The molecule has 1 aromatic rings. The molecule has 0 amide bonds. The summed E-state index contributed by atoms with van der Waals surface area (Å²) in [5.74, 6) is 0. The van der Waals surface area contributed by atoms with Crippen LogP contribution in [0.1, 0.15) is 11.4 Å². The summed E-state index contributed by atoms with van der Waals surface area (Å²) in [6.45, 7) is 8.28. The van der Waals surface area contributed by atoms with Crippen molar-refractivity contribution in [3.8, 4) is 0 Å². The van der Waals surface area contributed by atoms with Crippen molar-refractivity contribution in [1.29, 1.82) is 0 Å². The van der Waals surface area contributed by atoms with Crippen molar-refractivity contribution in [3.05, 3.63) is 40.1 Å². The van der Waals surface area contributed by atoms with E-state index in [1.165, 1.54) is 0 Å². The van der Waals surface area contributed by atoms with E-state index in [1.807, 2.05) is 13.0 Å². The van der Waals surface area contributed by atoms with E-state index >= 15 is 0 Å². The molecule has 4 heteroatoms. The quantitative estimate of drug-likeness (QED) is 0.706. The Labute approximate surface area is 83.1 Å². The molecule has 0 aliphatic rings. The number of aromatic nitrogens is 2. The minimum absolute atomic E-state index is 0.239. The van der Waals surface area contributed by atoms with Crippen molar-refractivity contribution in [3.63, 3.8) is 0 Å². The number of nitrogens with zero attached hydrogens (tertiary/aromatic N) is 2. The lowest BCUT2D eigenvalue weighted by Gasteiger charge is -2.10. The zero-order valence-electron chi connectivity index (χ0n) is 8.58. The molecular formula is C10H15N3O. The molecule has 1 heterocycles. The fourth-order valence-corrected chi connectivity index (χ4v) is 1.26. The third-order valence-electron chi connectivity index (χ3n) is 2.02. The predicted octanol–water partition coefficient (Wildman–Crippen LogP) is 0.375. The SMILES string of the molecule is C=C(CN)Cn1c(C)cc(C)nc1=O. The van der Waals surface area contributed by atoms with E-state index in [9.17, 15) is 4.79 Å². The summed E-state index contributed by atoms with van der Waals surface area (Å²) in [5.41, 5.74) is 7.62. The van der Waals surface area contributed by atoms with E-state index in [4.69, 9.17) is 5.73 Å². The molecule has 0 aromatic carbocycles. The highest BCUT2D eigenvalue weighted by atomic mass is 16.1. The lowest BCUT2D eigenvalue weighted by atomic mass is 10.3. The highest BCUT2D eigenvalue weighted by molar-refractivity contribution is 5.09. The van der Waals surface area contributed by atoms with Crippen LogP contribution < -0.4 is 11.4 Å². The molecule has 0 atom stereocenters. The van der Waals surface area contributed by atoms with Gasteiger partial charge in [-0.3, -0.25) is 4.57 Å². The highest BCUT2D eigenvalue weighted by Crippen LogP contribution is 1.99. The Balaban J connectivity index is 3.09. The number of hydrogen-bond donors (Lipinski definition) is 1. The maximum atomic E-state index is 11.5. The van der Waals surface area contributed by atoms with Crippen molar-refractivity contribution in [2.24, 2.45) is 5.73 Å². The van der Waals surface area contributed by atoms with Gasteiger partial charge in [-0.15, -0.1) is 0 Å². The van der Waals surface area contributed by atoms with Crippen LogP contribution in [-0.2, 0) is 6.54 Å². The Morgan fingerprint density at radius 2 is 2.29 bits per heavy atom. The average molecular weight is 193 g/mol. The van der Waals surface area contributed by atoms with Crippen molar-refractivity contribution < 1.29 is 0 Å². The molecule has 76 valence electrons. The van der Waals surface area contributed by atoms with Gasteiger partial charge in [0.2, 0.25) is 0 Å². The number of rotatable bonds is 3. The topological polar surface area (TPSA) is 60.9 Å². The molecule has 4 nitrogen and oxygen atoms in total. The van der Waals surface area contributed by atoms with Crippen LogP contribution in [0.25, 0.3) is 0 Å². The molecule has 0 saturated carbocycles. The van der Waals surface area contributed by atoms with Crippen LogP contribution in [0.15, 0.2) is 23.0 Å². The fourth-order valence-electron chi connectivity index (χ4n) is 1.26. The third kappa shape index (κ3) is 2.29. The van der Waals surface area contributed by atoms with Crippen LogP contribution in [0.5, 0.6) is 0 Å². The van der Waals surface area contributed by atoms with Crippen LogP contribution >= 0.6 is 0 Å². The molecule has 0 aliphatic carbocycles. The molecule has 1 rings (SSSR count). The molecule has 2 N–H and O–H groups in total. The van der Waals surface area contributed by atoms with E-state index in [-0.39, 0.29) is 5.69 Å². The van der Waals surface area contributed by atoms with E-state index in [0.717, 1.165) is 17.0 Å². The van der Waals surface area contributed by atoms with Crippen LogP contribution in [-0.4, -0.2) is 16.1 Å².